The molecule has 2 heteroatoms. The smallest absolute Gasteiger partial charge is 0.0118 e. The molecule has 0 saturated heterocycles. The number of nitrogens with one attached hydrogen (secondary N) is 1. The second-order valence-electron chi connectivity index (χ2n) is 2.76. The lowest BCUT2D eigenvalue weighted by molar-refractivity contribution is 0.789. The summed E-state index contributed by atoms with van der Waals surface area (Å²) in [4.78, 5) is 0. The van der Waals surface area contributed by atoms with E-state index in [1.807, 2.05) is 0 Å². The van der Waals surface area contributed by atoms with Crippen LogP contribution in [-0.4, -0.2) is 6.54 Å². The summed E-state index contributed by atoms with van der Waals surface area (Å²) in [6, 6.07) is 0. The Bertz CT molecular complexity index is 139. The molecule has 0 rings (SSSR count). The lowest BCUT2D eigenvalue weighted by atomic mass is 10.2. The first kappa shape index (κ1) is 11.2. The van der Waals surface area contributed by atoms with E-state index in [9.17, 15) is 0 Å². The molecule has 0 amide bonds. The van der Waals surface area contributed by atoms with Gasteiger partial charge in [0.25, 0.3) is 0 Å². The molecule has 0 spiro atoms. The van der Waals surface area contributed by atoms with Gasteiger partial charge in [-0.2, -0.15) is 0 Å². The van der Waals surface area contributed by atoms with Crippen molar-refractivity contribution in [3.63, 3.8) is 0 Å². The van der Waals surface area contributed by atoms with E-state index in [0.29, 0.717) is 6.54 Å². The van der Waals surface area contributed by atoms with E-state index in [2.05, 4.69) is 24.9 Å². The minimum Gasteiger partial charge on any atom is -0.366 e. The third kappa shape index (κ3) is 5.98. The summed E-state index contributed by atoms with van der Waals surface area (Å²) < 4.78 is 0. The zero-order valence-corrected chi connectivity index (χ0v) is 7.97. The maximum absolute atomic E-state index is 5.45. The van der Waals surface area contributed by atoms with Crippen LogP contribution in [0.4, 0.5) is 0 Å². The largest absolute Gasteiger partial charge is 0.366 e. The van der Waals surface area contributed by atoms with E-state index in [0.717, 1.165) is 12.8 Å². The first-order valence-electron chi connectivity index (χ1n) is 4.61. The van der Waals surface area contributed by atoms with E-state index in [-0.39, 0.29) is 0 Å². The van der Waals surface area contributed by atoms with Crippen LogP contribution >= 0.6 is 0 Å². The van der Waals surface area contributed by atoms with Crippen LogP contribution in [0.3, 0.4) is 0 Å². The highest BCUT2D eigenvalue weighted by atomic mass is 14.8. The number of nitrogens with two attached hydrogens (primary N) is 1. The van der Waals surface area contributed by atoms with Crippen molar-refractivity contribution in [2.24, 2.45) is 5.73 Å². The Hall–Kier alpha value is -0.760. The van der Waals surface area contributed by atoms with Crippen molar-refractivity contribution >= 4 is 0 Å². The van der Waals surface area contributed by atoms with Crippen molar-refractivity contribution in [3.8, 4) is 0 Å². The van der Waals surface area contributed by atoms with Gasteiger partial charge in [0.2, 0.25) is 0 Å². The molecule has 0 saturated carbocycles. The highest BCUT2D eigenvalue weighted by Gasteiger charge is 1.91. The average Bonchev–Trinajstić information content (AvgIpc) is 2.06. The third-order valence-electron chi connectivity index (χ3n) is 1.65. The van der Waals surface area contributed by atoms with E-state index >= 15 is 0 Å². The number of allylic oxidation sites excluding steroid dienone is 1. The summed E-state index contributed by atoms with van der Waals surface area (Å²) >= 11 is 0. The molecule has 3 N–H and O–H groups in total. The standard InChI is InChI=1S/C10H20N2/c1-3-5-6-7-10(8-9-11)12-4-2/h4,7,12H,2-3,5-6,8-9,11H2,1H3/b10-7-. The Morgan fingerprint density at radius 3 is 2.83 bits per heavy atom. The Morgan fingerprint density at radius 1 is 1.58 bits per heavy atom. The summed E-state index contributed by atoms with van der Waals surface area (Å²) in [6.45, 7) is 6.50. The fourth-order valence-corrected chi connectivity index (χ4v) is 1.00. The summed E-state index contributed by atoms with van der Waals surface area (Å²) in [5.41, 5.74) is 6.64. The van der Waals surface area contributed by atoms with Crippen molar-refractivity contribution in [1.29, 1.82) is 0 Å². The molecule has 0 bridgehead atoms. The minimum absolute atomic E-state index is 0.693. The average molecular weight is 168 g/mol. The van der Waals surface area contributed by atoms with Gasteiger partial charge in [-0.05, 0) is 25.6 Å². The summed E-state index contributed by atoms with van der Waals surface area (Å²) in [5, 5.41) is 3.09. The molecular formula is C10H20N2. The molecular weight excluding hydrogens is 148 g/mol. The van der Waals surface area contributed by atoms with Crippen molar-refractivity contribution in [3.05, 3.63) is 24.6 Å². The third-order valence-corrected chi connectivity index (χ3v) is 1.65. The van der Waals surface area contributed by atoms with Gasteiger partial charge in [0.1, 0.15) is 0 Å². The van der Waals surface area contributed by atoms with Gasteiger partial charge in [-0.1, -0.05) is 32.4 Å². The van der Waals surface area contributed by atoms with Crippen molar-refractivity contribution in [2.75, 3.05) is 6.54 Å². The normalized spacial score (nSPS) is 11.3. The molecule has 0 aromatic rings. The van der Waals surface area contributed by atoms with E-state index in [1.165, 1.54) is 18.5 Å². The van der Waals surface area contributed by atoms with Crippen molar-refractivity contribution < 1.29 is 0 Å². The molecule has 0 aromatic heterocycles. The molecule has 2 nitrogen and oxygen atoms in total. The van der Waals surface area contributed by atoms with Gasteiger partial charge >= 0.3 is 0 Å². The van der Waals surface area contributed by atoms with Crippen LogP contribution in [-0.2, 0) is 0 Å². The fraction of sp³-hybridized carbons (Fsp3) is 0.600. The summed E-state index contributed by atoms with van der Waals surface area (Å²) in [5.74, 6) is 0. The molecule has 0 aliphatic rings. The van der Waals surface area contributed by atoms with Gasteiger partial charge in [-0.15, -0.1) is 0 Å². The molecule has 70 valence electrons. The first-order chi connectivity index (χ1) is 5.85. The zero-order chi connectivity index (χ0) is 9.23. The van der Waals surface area contributed by atoms with Gasteiger partial charge in [-0.3, -0.25) is 0 Å². The molecule has 0 radical (unpaired) electrons. The number of unbranched alkanes of at least 4 members (excludes halogenated alkanes) is 2. The molecule has 0 aliphatic carbocycles. The fourth-order valence-electron chi connectivity index (χ4n) is 1.00. The molecule has 0 aromatic carbocycles. The van der Waals surface area contributed by atoms with Gasteiger partial charge < -0.3 is 11.1 Å². The Morgan fingerprint density at radius 2 is 2.33 bits per heavy atom. The van der Waals surface area contributed by atoms with Crippen LogP contribution in [0.5, 0.6) is 0 Å². The highest BCUT2D eigenvalue weighted by molar-refractivity contribution is 5.02. The van der Waals surface area contributed by atoms with Crippen LogP contribution in [0.2, 0.25) is 0 Å². The summed E-state index contributed by atoms with van der Waals surface area (Å²) in [6.07, 6.45) is 8.43. The van der Waals surface area contributed by atoms with E-state index < -0.39 is 0 Å². The topological polar surface area (TPSA) is 38.0 Å². The quantitative estimate of drug-likeness (QED) is 0.572. The highest BCUT2D eigenvalue weighted by Crippen LogP contribution is 2.01. The van der Waals surface area contributed by atoms with Crippen molar-refractivity contribution in [1.82, 2.24) is 5.32 Å². The van der Waals surface area contributed by atoms with Gasteiger partial charge in [0.15, 0.2) is 0 Å². The maximum atomic E-state index is 5.45. The zero-order valence-electron chi connectivity index (χ0n) is 7.97. The molecule has 0 unspecified atom stereocenters. The molecule has 12 heavy (non-hydrogen) atoms. The Labute approximate surface area is 75.5 Å². The van der Waals surface area contributed by atoms with Gasteiger partial charge in [0, 0.05) is 5.70 Å². The van der Waals surface area contributed by atoms with Crippen molar-refractivity contribution in [2.45, 2.75) is 32.6 Å². The Balaban J connectivity index is 3.72. The van der Waals surface area contributed by atoms with Crippen LogP contribution in [0.15, 0.2) is 24.6 Å². The molecule has 0 fully saturated rings. The number of hydrogen-bond acceptors (Lipinski definition) is 2. The predicted molar refractivity (Wildman–Crippen MR) is 54.6 cm³/mol. The van der Waals surface area contributed by atoms with E-state index in [4.69, 9.17) is 5.73 Å². The first-order valence-corrected chi connectivity index (χ1v) is 4.61. The molecule has 0 heterocycles. The SMILES string of the molecule is C=CN/C(=C\CCCC)CCN. The minimum atomic E-state index is 0.693. The second-order valence-corrected chi connectivity index (χ2v) is 2.76. The van der Waals surface area contributed by atoms with Crippen LogP contribution in [0, 0.1) is 0 Å². The number of hydrogen-bond donors (Lipinski definition) is 2. The maximum Gasteiger partial charge on any atom is 0.0118 e. The lowest BCUT2D eigenvalue weighted by Crippen LogP contribution is -2.10. The van der Waals surface area contributed by atoms with Crippen LogP contribution in [0.25, 0.3) is 0 Å². The van der Waals surface area contributed by atoms with Gasteiger partial charge in [0.05, 0.1) is 0 Å². The van der Waals surface area contributed by atoms with Crippen LogP contribution in [0.1, 0.15) is 32.6 Å². The van der Waals surface area contributed by atoms with Crippen LogP contribution < -0.4 is 11.1 Å². The predicted octanol–water partition coefficient (Wildman–Crippen LogP) is 2.14. The second kappa shape index (κ2) is 8.34. The summed E-state index contributed by atoms with van der Waals surface area (Å²) in [7, 11) is 0. The Kier molecular flexibility index (Phi) is 7.81. The molecule has 0 aliphatic heterocycles. The van der Waals surface area contributed by atoms with Gasteiger partial charge in [-0.25, -0.2) is 0 Å². The lowest BCUT2D eigenvalue weighted by Gasteiger charge is -2.04. The molecule has 0 atom stereocenters. The monoisotopic (exact) mass is 168 g/mol. The number of rotatable bonds is 7. The van der Waals surface area contributed by atoms with E-state index in [1.54, 1.807) is 6.20 Å².